The minimum atomic E-state index is 0.00247. The first-order valence-electron chi connectivity index (χ1n) is 8.37. The van der Waals surface area contributed by atoms with E-state index in [1.807, 2.05) is 6.07 Å². The maximum Gasteiger partial charge on any atom is 0.179 e. The van der Waals surface area contributed by atoms with Crippen LogP contribution < -0.4 is 5.32 Å². The van der Waals surface area contributed by atoms with Crippen molar-refractivity contribution in [1.82, 2.24) is 4.90 Å². The number of nitrogens with zero attached hydrogens (tertiary/aromatic N) is 1. The van der Waals surface area contributed by atoms with Crippen LogP contribution in [0.2, 0.25) is 0 Å². The quantitative estimate of drug-likeness (QED) is 0.860. The molecule has 1 fully saturated rings. The summed E-state index contributed by atoms with van der Waals surface area (Å²) in [5.74, 6) is 0.282. The highest BCUT2D eigenvalue weighted by Crippen LogP contribution is 2.26. The lowest BCUT2D eigenvalue weighted by Crippen LogP contribution is -2.48. The number of carbonyl (C=O) groups is 1. The van der Waals surface area contributed by atoms with E-state index in [4.69, 9.17) is 0 Å². The van der Waals surface area contributed by atoms with Crippen molar-refractivity contribution in [2.45, 2.75) is 58.0 Å². The molecule has 21 heavy (non-hydrogen) atoms. The highest BCUT2D eigenvalue weighted by Gasteiger charge is 2.30. The number of anilines is 1. The maximum absolute atomic E-state index is 12.8. The normalized spacial score (nSPS) is 23.4. The van der Waals surface area contributed by atoms with Crippen LogP contribution in [0, 0.1) is 0 Å². The zero-order chi connectivity index (χ0) is 14.8. The number of ketones is 1. The molecule has 2 heterocycles. The van der Waals surface area contributed by atoms with Gasteiger partial charge >= 0.3 is 0 Å². The number of hydrogen-bond acceptors (Lipinski definition) is 3. The Bertz CT molecular complexity index is 526. The fraction of sp³-hybridized carbons (Fsp3) is 0.611. The van der Waals surface area contributed by atoms with E-state index in [0.29, 0.717) is 6.04 Å². The number of hydrogen-bond donors (Lipinski definition) is 1. The molecule has 114 valence electrons. The van der Waals surface area contributed by atoms with Gasteiger partial charge in [0.25, 0.3) is 0 Å². The van der Waals surface area contributed by atoms with Crippen LogP contribution in [-0.2, 0) is 6.42 Å². The Morgan fingerprint density at radius 1 is 1.43 bits per heavy atom. The van der Waals surface area contributed by atoms with E-state index in [2.05, 4.69) is 36.2 Å². The average molecular weight is 286 g/mol. The van der Waals surface area contributed by atoms with E-state index in [1.165, 1.54) is 30.5 Å². The van der Waals surface area contributed by atoms with Crippen LogP contribution in [-0.4, -0.2) is 35.9 Å². The molecule has 0 aromatic heterocycles. The third kappa shape index (κ3) is 2.84. The molecule has 0 spiro atoms. The topological polar surface area (TPSA) is 32.3 Å². The first-order valence-corrected chi connectivity index (χ1v) is 8.37. The van der Waals surface area contributed by atoms with Crippen molar-refractivity contribution in [1.29, 1.82) is 0 Å². The monoisotopic (exact) mass is 286 g/mol. The van der Waals surface area contributed by atoms with Crippen molar-refractivity contribution in [3.63, 3.8) is 0 Å². The van der Waals surface area contributed by atoms with Crippen molar-refractivity contribution in [3.8, 4) is 0 Å². The summed E-state index contributed by atoms with van der Waals surface area (Å²) in [5.41, 5.74) is 3.37. The van der Waals surface area contributed by atoms with Crippen LogP contribution in [0.3, 0.4) is 0 Å². The fourth-order valence-corrected chi connectivity index (χ4v) is 3.82. The van der Waals surface area contributed by atoms with Gasteiger partial charge in [0.1, 0.15) is 0 Å². The van der Waals surface area contributed by atoms with Crippen molar-refractivity contribution >= 4 is 11.5 Å². The molecular weight excluding hydrogens is 260 g/mol. The Morgan fingerprint density at radius 3 is 3.10 bits per heavy atom. The fourth-order valence-electron chi connectivity index (χ4n) is 3.82. The molecule has 1 N–H and O–H groups in total. The molecule has 0 bridgehead atoms. The Balaban J connectivity index is 1.77. The summed E-state index contributed by atoms with van der Waals surface area (Å²) in [5, 5.41) is 3.35. The number of piperidine rings is 1. The third-order valence-electron chi connectivity index (χ3n) is 5.12. The summed E-state index contributed by atoms with van der Waals surface area (Å²) in [6, 6.07) is 6.73. The maximum atomic E-state index is 12.8. The molecule has 2 aliphatic rings. The summed E-state index contributed by atoms with van der Waals surface area (Å²) < 4.78 is 0. The van der Waals surface area contributed by atoms with Crippen LogP contribution in [0.5, 0.6) is 0 Å². The van der Waals surface area contributed by atoms with Gasteiger partial charge in [-0.2, -0.15) is 0 Å². The van der Waals surface area contributed by atoms with Gasteiger partial charge < -0.3 is 5.32 Å². The second-order valence-electron chi connectivity index (χ2n) is 6.38. The number of likely N-dealkylation sites (tertiary alicyclic amines) is 1. The molecule has 0 saturated carbocycles. The van der Waals surface area contributed by atoms with Gasteiger partial charge in [-0.05, 0) is 62.9 Å². The molecule has 2 aliphatic heterocycles. The van der Waals surface area contributed by atoms with E-state index >= 15 is 0 Å². The lowest BCUT2D eigenvalue weighted by atomic mass is 9.94. The van der Waals surface area contributed by atoms with Gasteiger partial charge in [0.2, 0.25) is 0 Å². The van der Waals surface area contributed by atoms with Gasteiger partial charge in [-0.25, -0.2) is 0 Å². The second kappa shape index (κ2) is 6.18. The number of nitrogens with one attached hydrogen (secondary N) is 1. The smallest absolute Gasteiger partial charge is 0.179 e. The van der Waals surface area contributed by atoms with Gasteiger partial charge in [-0.15, -0.1) is 0 Å². The summed E-state index contributed by atoms with van der Waals surface area (Å²) in [6.45, 7) is 6.38. The highest BCUT2D eigenvalue weighted by atomic mass is 16.1. The molecule has 0 aliphatic carbocycles. The molecule has 3 rings (SSSR count). The first kappa shape index (κ1) is 14.6. The number of carbonyl (C=O) groups excluding carboxylic acids is 1. The third-order valence-corrected chi connectivity index (χ3v) is 5.12. The molecule has 0 radical (unpaired) electrons. The molecule has 3 nitrogen and oxygen atoms in total. The van der Waals surface area contributed by atoms with Crippen LogP contribution in [0.4, 0.5) is 5.69 Å². The van der Waals surface area contributed by atoms with E-state index in [9.17, 15) is 4.79 Å². The van der Waals surface area contributed by atoms with E-state index in [1.54, 1.807) is 0 Å². The van der Waals surface area contributed by atoms with Crippen molar-refractivity contribution in [2.24, 2.45) is 0 Å². The molecule has 0 amide bonds. The standard InChI is InChI=1S/C18H26N2O/c1-3-16-6-4-5-11-20(16)13(2)18(21)15-7-8-17-14(12-15)9-10-19-17/h7-8,12-13,16,19H,3-6,9-11H2,1-2H3. The number of rotatable bonds is 4. The van der Waals surface area contributed by atoms with Gasteiger partial charge in [0.15, 0.2) is 5.78 Å². The van der Waals surface area contributed by atoms with Crippen molar-refractivity contribution in [2.75, 3.05) is 18.4 Å². The van der Waals surface area contributed by atoms with Crippen molar-refractivity contribution < 1.29 is 4.79 Å². The van der Waals surface area contributed by atoms with Crippen LogP contribution >= 0.6 is 0 Å². The summed E-state index contributed by atoms with van der Waals surface area (Å²) >= 11 is 0. The molecule has 1 saturated heterocycles. The zero-order valence-electron chi connectivity index (χ0n) is 13.2. The average Bonchev–Trinajstić information content (AvgIpc) is 3.00. The SMILES string of the molecule is CCC1CCCCN1C(C)C(=O)c1ccc2c(c1)CCN2. The largest absolute Gasteiger partial charge is 0.384 e. The number of Topliss-reactive ketones (excluding diaryl/α,β-unsaturated/α-hetero) is 1. The number of benzene rings is 1. The van der Waals surface area contributed by atoms with Gasteiger partial charge in [0, 0.05) is 23.8 Å². The molecular formula is C18H26N2O. The Morgan fingerprint density at radius 2 is 2.29 bits per heavy atom. The second-order valence-corrected chi connectivity index (χ2v) is 6.38. The zero-order valence-corrected chi connectivity index (χ0v) is 13.2. The molecule has 2 unspecified atom stereocenters. The lowest BCUT2D eigenvalue weighted by Gasteiger charge is -2.38. The van der Waals surface area contributed by atoms with Crippen LogP contribution in [0.25, 0.3) is 0 Å². The van der Waals surface area contributed by atoms with E-state index < -0.39 is 0 Å². The molecule has 2 atom stereocenters. The summed E-state index contributed by atoms with van der Waals surface area (Å²) in [4.78, 5) is 15.3. The molecule has 1 aromatic rings. The Kier molecular flexibility index (Phi) is 4.29. The summed E-state index contributed by atoms with van der Waals surface area (Å²) in [7, 11) is 0. The summed E-state index contributed by atoms with van der Waals surface area (Å²) in [6.07, 6.45) is 5.95. The Labute approximate surface area is 127 Å². The van der Waals surface area contributed by atoms with Gasteiger partial charge in [-0.3, -0.25) is 9.69 Å². The van der Waals surface area contributed by atoms with Crippen LogP contribution in [0.1, 0.15) is 55.5 Å². The van der Waals surface area contributed by atoms with Gasteiger partial charge in [0.05, 0.1) is 6.04 Å². The lowest BCUT2D eigenvalue weighted by molar-refractivity contribution is 0.0661. The minimum absolute atomic E-state index is 0.00247. The van der Waals surface area contributed by atoms with E-state index in [-0.39, 0.29) is 11.8 Å². The van der Waals surface area contributed by atoms with Crippen molar-refractivity contribution in [3.05, 3.63) is 29.3 Å². The van der Waals surface area contributed by atoms with Gasteiger partial charge in [-0.1, -0.05) is 13.3 Å². The molecule has 3 heteroatoms. The molecule has 1 aromatic carbocycles. The predicted molar refractivity (Wildman–Crippen MR) is 87.1 cm³/mol. The first-order chi connectivity index (χ1) is 10.2. The minimum Gasteiger partial charge on any atom is -0.384 e. The Hall–Kier alpha value is -1.35. The van der Waals surface area contributed by atoms with E-state index in [0.717, 1.165) is 31.5 Å². The predicted octanol–water partition coefficient (Wildman–Crippen LogP) is 3.49. The highest BCUT2D eigenvalue weighted by molar-refractivity contribution is 6.00. The number of fused-ring (bicyclic) bond motifs is 1. The van der Waals surface area contributed by atoms with Crippen LogP contribution in [0.15, 0.2) is 18.2 Å².